The molecule has 127 heavy (non-hydrogen) atoms. The highest BCUT2D eigenvalue weighted by Gasteiger charge is 2.65. The first-order valence-corrected chi connectivity index (χ1v) is 39.8. The summed E-state index contributed by atoms with van der Waals surface area (Å²) in [6.45, 7) is -8.20. The molecule has 0 aromatic carbocycles. The van der Waals surface area contributed by atoms with E-state index in [1.54, 1.807) is 0 Å². The number of amides is 5. The van der Waals surface area contributed by atoms with Crippen LogP contribution in [0, 0.1) is 0 Å². The van der Waals surface area contributed by atoms with Crippen LogP contribution < -0.4 is 26.6 Å². The van der Waals surface area contributed by atoms with Crippen molar-refractivity contribution >= 4 is 41.5 Å². The molecular weight excluding hydrogens is 1740 g/mol. The average molecular weight is 1860 g/mol. The molecule has 8 aliphatic heterocycles. The van der Waals surface area contributed by atoms with Crippen molar-refractivity contribution in [2.24, 2.45) is 0 Å². The second kappa shape index (κ2) is 46.5. The molecular formula is C70H117N5O52. The van der Waals surface area contributed by atoms with Crippen LogP contribution in [-0.4, -0.2) is 537 Å². The van der Waals surface area contributed by atoms with Crippen molar-refractivity contribution in [3.8, 4) is 0 Å². The fourth-order valence-electron chi connectivity index (χ4n) is 15.9. The summed E-state index contributed by atoms with van der Waals surface area (Å²) in [6.07, 6.45) is -92.3. The number of carboxylic acid groups (broad SMARTS) is 2. The fraction of sp³-hybridized carbons (Fsp3) is 0.900. The van der Waals surface area contributed by atoms with Gasteiger partial charge in [-0.1, -0.05) is 0 Å². The Morgan fingerprint density at radius 2 is 0.661 bits per heavy atom. The third-order valence-corrected chi connectivity index (χ3v) is 22.3. The predicted octanol–water partition coefficient (Wildman–Crippen LogP) is -21.9. The van der Waals surface area contributed by atoms with E-state index in [2.05, 4.69) is 26.6 Å². The van der Waals surface area contributed by atoms with Gasteiger partial charge >= 0.3 is 11.9 Å². The maximum atomic E-state index is 13.8. The monoisotopic (exact) mass is 1860 g/mol. The van der Waals surface area contributed by atoms with Crippen molar-refractivity contribution in [1.29, 1.82) is 0 Å². The van der Waals surface area contributed by atoms with E-state index in [4.69, 9.17) is 75.8 Å². The van der Waals surface area contributed by atoms with Crippen LogP contribution in [0.1, 0.15) is 47.5 Å². The third-order valence-electron chi connectivity index (χ3n) is 22.3. The number of carboxylic acids is 2. The van der Waals surface area contributed by atoms with Crippen LogP contribution in [0.15, 0.2) is 0 Å². The number of hydrogen-bond acceptors (Lipinski definition) is 50. The third kappa shape index (κ3) is 24.4. The summed E-state index contributed by atoms with van der Waals surface area (Å²) in [5.41, 5.74) is 0. The van der Waals surface area contributed by atoms with Crippen LogP contribution in [-0.2, 0) is 109 Å². The summed E-state index contributed by atoms with van der Waals surface area (Å²) in [7, 11) is 0. The molecule has 734 valence electrons. The number of carbonyl (C=O) groups excluding carboxylic acids is 5. The number of nitrogens with one attached hydrogen (secondary N) is 5. The lowest BCUT2D eigenvalue weighted by molar-refractivity contribution is -0.401. The zero-order valence-electron chi connectivity index (χ0n) is 68.2. The topological polar surface area (TPSA) is 914 Å². The van der Waals surface area contributed by atoms with Gasteiger partial charge in [0.2, 0.25) is 29.5 Å². The van der Waals surface area contributed by atoms with Crippen LogP contribution in [0.3, 0.4) is 0 Å². The lowest BCUT2D eigenvalue weighted by Gasteiger charge is -2.52. The Labute approximate surface area is 718 Å². The lowest BCUT2D eigenvalue weighted by Crippen LogP contribution is -2.72. The molecule has 0 saturated carbocycles. The Bertz CT molecular complexity index is 3530. The highest BCUT2D eigenvalue weighted by Crippen LogP contribution is 2.44. The van der Waals surface area contributed by atoms with Crippen molar-refractivity contribution in [3.05, 3.63) is 0 Å². The molecule has 8 fully saturated rings. The number of aliphatic hydroxyl groups is 27. The van der Waals surface area contributed by atoms with Gasteiger partial charge < -0.3 is 250 Å². The maximum Gasteiger partial charge on any atom is 0.364 e. The van der Waals surface area contributed by atoms with Crippen molar-refractivity contribution in [1.82, 2.24) is 26.6 Å². The maximum absolute atomic E-state index is 13.8. The first-order valence-electron chi connectivity index (χ1n) is 39.8. The molecule has 8 aliphatic rings. The molecule has 0 bridgehead atoms. The largest absolute Gasteiger partial charge is 0.477 e. The van der Waals surface area contributed by atoms with Gasteiger partial charge in [0.15, 0.2) is 37.7 Å². The second-order valence-corrected chi connectivity index (χ2v) is 31.5. The molecule has 8 saturated heterocycles. The molecule has 57 nitrogen and oxygen atoms in total. The Hall–Kier alpha value is -5.43. The van der Waals surface area contributed by atoms with Crippen LogP contribution in [0.25, 0.3) is 0 Å². The van der Waals surface area contributed by atoms with Gasteiger partial charge in [-0.05, 0) is 0 Å². The molecule has 0 aromatic rings. The Balaban J connectivity index is 1.11. The van der Waals surface area contributed by atoms with Crippen LogP contribution in [0.5, 0.6) is 0 Å². The zero-order chi connectivity index (χ0) is 94.8. The number of carbonyl (C=O) groups is 7. The Morgan fingerprint density at radius 3 is 1.08 bits per heavy atom. The molecule has 0 radical (unpaired) electrons. The van der Waals surface area contributed by atoms with Gasteiger partial charge in [-0.25, -0.2) is 9.59 Å². The summed E-state index contributed by atoms with van der Waals surface area (Å²) in [4.78, 5) is 90.7. The smallest absolute Gasteiger partial charge is 0.364 e. The average Bonchev–Trinajstić information content (AvgIpc) is 0.750. The molecule has 8 heterocycles. The first-order chi connectivity index (χ1) is 59.7. The van der Waals surface area contributed by atoms with Crippen molar-refractivity contribution < 1.29 is 257 Å². The minimum atomic E-state index is -3.50. The number of aliphatic hydroxyl groups excluding tert-OH is 27. The van der Waals surface area contributed by atoms with Crippen LogP contribution in [0.2, 0.25) is 0 Å². The summed E-state index contributed by atoms with van der Waals surface area (Å²) >= 11 is 0. The van der Waals surface area contributed by atoms with Gasteiger partial charge in [-0.15, -0.1) is 0 Å². The minimum absolute atomic E-state index is 0.827. The molecule has 0 spiro atoms. The molecule has 5 amide bonds. The van der Waals surface area contributed by atoms with E-state index in [1.165, 1.54) is 0 Å². The van der Waals surface area contributed by atoms with Gasteiger partial charge in [-0.2, -0.15) is 0 Å². The highest BCUT2D eigenvalue weighted by atomic mass is 16.8. The van der Waals surface area contributed by atoms with E-state index >= 15 is 0 Å². The Kier molecular flexibility index (Phi) is 39.1. The molecule has 8 rings (SSSR count). The van der Waals surface area contributed by atoms with E-state index in [0.717, 1.165) is 34.6 Å². The second-order valence-electron chi connectivity index (χ2n) is 31.5. The summed E-state index contributed by atoms with van der Waals surface area (Å²) in [5.74, 6) is -16.1. The van der Waals surface area contributed by atoms with Crippen molar-refractivity contribution in [2.75, 3.05) is 66.1 Å². The van der Waals surface area contributed by atoms with Gasteiger partial charge in [0.05, 0.1) is 90.4 Å². The van der Waals surface area contributed by atoms with E-state index < -0.39 is 401 Å². The van der Waals surface area contributed by atoms with Crippen LogP contribution >= 0.6 is 0 Å². The molecule has 34 N–H and O–H groups in total. The van der Waals surface area contributed by atoms with E-state index in [0.29, 0.717) is 0 Å². The number of rotatable bonds is 40. The Morgan fingerprint density at radius 1 is 0.339 bits per heavy atom. The van der Waals surface area contributed by atoms with Gasteiger partial charge in [0, 0.05) is 47.5 Å². The van der Waals surface area contributed by atoms with E-state index in [9.17, 15) is 182 Å². The molecule has 46 atom stereocenters. The molecule has 0 aromatic heterocycles. The quantitative estimate of drug-likeness (QED) is 0.0271. The van der Waals surface area contributed by atoms with E-state index in [1.807, 2.05) is 0 Å². The minimum Gasteiger partial charge on any atom is -0.477 e. The molecule has 0 unspecified atom stereocenters. The molecule has 0 aliphatic carbocycles. The summed E-state index contributed by atoms with van der Waals surface area (Å²) < 4.78 is 94.7. The van der Waals surface area contributed by atoms with Crippen LogP contribution in [0.4, 0.5) is 0 Å². The lowest BCUT2D eigenvalue weighted by atomic mass is 9.88. The SMILES string of the molecule is CC(=O)N[C@H]1[C@H](OC[C@H]2O[C@@H](O[C@@H]([C@H](O)[C@@H](O)CO)[C@H](O)CO)[C@H](O)[C@@H](O[C@@H]3O[C@H](CO)[C@@H](O[C@@H]4O[C@H](CO)[C@H](O[C@@H]5O[C@H](CO)[C@H](O)[C@H](O)[C@H]5NC(C)=O)[C@H](O[C@]5(C(=O)O)C[C@H](O)[C@@H](NC(C)=O)[C@H]([C@H](O)[C@H](O)CO)O5)[C@H]4O)[C@H](O)[C@H]3NC(C)=O)[C@H]2O)O[C@H](CO)[C@@H](O[C@@H]2O[C@H](CO)[C@H](O)[C@H](O[C@]3(C(=O)O)C[C@H](O)[C@@H](NC(C)=O)[C@H]([C@H](O)[C@H](O)CO)O3)[C@H]2O)[C@@H]1O. The first kappa shape index (κ1) is 107. The fourth-order valence-corrected chi connectivity index (χ4v) is 15.9. The highest BCUT2D eigenvalue weighted by molar-refractivity contribution is 5.78. The zero-order valence-corrected chi connectivity index (χ0v) is 68.2. The van der Waals surface area contributed by atoms with Gasteiger partial charge in [0.25, 0.3) is 11.6 Å². The van der Waals surface area contributed by atoms with Gasteiger partial charge in [0.1, 0.15) is 207 Å². The normalized spacial score (nSPS) is 42.8. The van der Waals surface area contributed by atoms with Gasteiger partial charge in [-0.3, -0.25) is 24.0 Å². The summed E-state index contributed by atoms with van der Waals surface area (Å²) in [5, 5.41) is 333. The standard InChI is InChI=1S/C70H117N5O52/c1-18(85)71-35-23(90)6-69(67(108)109,124-56(35)41(97)26(93)9-77)126-59-44(100)30(13-81)114-65(50(59)106)120-53-31(14-82)115-61(38(47(53)103)74-21(4)88)112-17-34-45(101)58(49(105)64(118-34)119-52(28(95)11-79)40(96)25(92)8-76)123-63-39(75-22(5)89)48(104)54(32(15-83)116-63)121-66-51(107)60(55(33(16-84)117-66)122-62-37(73-20(3)87)46(102)43(99)29(12-80)113-62)127-70(68(110)111)7-24(91)36(72-19(2)86)57(125-70)42(98)27(94)10-78/h23-66,76-84,90-107H,6-17H2,1-5H3,(H,71,85)(H,72,86)(H,73,87)(H,74,88)(H,75,89)(H,108,109)(H,110,111)/t23-,24-,25-,26+,27+,28+,29+,30+,31+,32+,33+,34+,35+,36+,37+,38+,39+,40+,41+,42+,43-,44-,45-,46+,47+,48+,49+,50+,51+,52+,53+,54+,55-,56+,57+,58-,59-,60+,61+,62-,63-,64-,65-,66-,69-,70-/m0/s1. The number of ether oxygens (including phenoxy) is 16. The number of hydrogen-bond donors (Lipinski definition) is 34. The predicted molar refractivity (Wildman–Crippen MR) is 392 cm³/mol. The van der Waals surface area contributed by atoms with Crippen molar-refractivity contribution in [2.45, 2.75) is 328 Å². The summed E-state index contributed by atoms with van der Waals surface area (Å²) in [6, 6.07) is -9.74. The van der Waals surface area contributed by atoms with Crippen molar-refractivity contribution in [3.63, 3.8) is 0 Å². The number of aliphatic carboxylic acids is 2. The molecule has 57 heteroatoms. The van der Waals surface area contributed by atoms with E-state index in [-0.39, 0.29) is 0 Å².